The lowest BCUT2D eigenvalue weighted by Crippen LogP contribution is -2.41. The second-order valence-electron chi connectivity index (χ2n) is 4.47. The molecule has 1 rings (SSSR count). The van der Waals surface area contributed by atoms with Gasteiger partial charge in [0.05, 0.1) is 5.92 Å². The minimum absolute atomic E-state index is 0.00153. The Hall–Kier alpha value is -0.910. The van der Waals surface area contributed by atoms with Crippen LogP contribution in [0.5, 0.6) is 0 Å². The third kappa shape index (κ3) is 3.80. The number of nitrogens with one attached hydrogen (secondary N) is 1. The quantitative estimate of drug-likeness (QED) is 0.277. The molecule has 0 saturated heterocycles. The first-order chi connectivity index (χ1) is 8.08. The number of rotatable bonds is 7. The van der Waals surface area contributed by atoms with Gasteiger partial charge in [0.15, 0.2) is 5.84 Å². The minimum atomic E-state index is -0.511. The van der Waals surface area contributed by atoms with Crippen molar-refractivity contribution in [2.24, 2.45) is 16.8 Å². The van der Waals surface area contributed by atoms with Crippen LogP contribution in [0.2, 0.25) is 0 Å². The molecule has 0 radical (unpaired) electrons. The largest absolute Gasteiger partial charge is 0.409 e. The van der Waals surface area contributed by atoms with E-state index in [2.05, 4.69) is 16.7 Å². The maximum atomic E-state index is 11.9. The zero-order valence-corrected chi connectivity index (χ0v) is 11.2. The predicted molar refractivity (Wildman–Crippen MR) is 70.3 cm³/mol. The molecule has 17 heavy (non-hydrogen) atoms. The van der Waals surface area contributed by atoms with Gasteiger partial charge in [-0.3, -0.25) is 4.79 Å². The molecule has 6 heteroatoms. The Labute approximate surface area is 106 Å². The summed E-state index contributed by atoms with van der Waals surface area (Å²) in [5.41, 5.74) is 5.53. The smallest absolute Gasteiger partial charge is 0.230 e. The van der Waals surface area contributed by atoms with Crippen LogP contribution in [-0.4, -0.2) is 34.5 Å². The fourth-order valence-electron chi connectivity index (χ4n) is 1.74. The highest BCUT2D eigenvalue weighted by Crippen LogP contribution is 2.46. The number of carbonyl (C=O) groups is 1. The maximum Gasteiger partial charge on any atom is 0.230 e. The summed E-state index contributed by atoms with van der Waals surface area (Å²) in [4.78, 5) is 11.9. The molecular weight excluding hydrogens is 238 g/mol. The average molecular weight is 259 g/mol. The van der Waals surface area contributed by atoms with Crippen molar-refractivity contribution in [1.82, 2.24) is 5.32 Å². The first kappa shape index (κ1) is 14.2. The number of carbonyl (C=O) groups excluding carboxylic acids is 1. The number of hydrogen-bond donors (Lipinski definition) is 3. The molecule has 98 valence electrons. The van der Waals surface area contributed by atoms with Gasteiger partial charge in [0.25, 0.3) is 0 Å². The van der Waals surface area contributed by atoms with Crippen molar-refractivity contribution < 1.29 is 10.0 Å². The van der Waals surface area contributed by atoms with E-state index in [4.69, 9.17) is 10.9 Å². The van der Waals surface area contributed by atoms with Gasteiger partial charge in [-0.2, -0.15) is 11.8 Å². The Balaban J connectivity index is 2.48. The van der Waals surface area contributed by atoms with E-state index in [1.807, 2.05) is 6.92 Å². The van der Waals surface area contributed by atoms with Crippen LogP contribution in [0.15, 0.2) is 5.16 Å². The van der Waals surface area contributed by atoms with E-state index in [1.165, 1.54) is 0 Å². The lowest BCUT2D eigenvalue weighted by molar-refractivity contribution is -0.123. The number of nitrogens with zero attached hydrogens (tertiary/aromatic N) is 1. The van der Waals surface area contributed by atoms with E-state index in [-0.39, 0.29) is 16.5 Å². The van der Waals surface area contributed by atoms with Crippen molar-refractivity contribution in [3.63, 3.8) is 0 Å². The van der Waals surface area contributed by atoms with Gasteiger partial charge in [0.1, 0.15) is 0 Å². The average Bonchev–Trinajstić information content (AvgIpc) is 3.13. The highest BCUT2D eigenvalue weighted by atomic mass is 32.2. The van der Waals surface area contributed by atoms with Crippen LogP contribution in [-0.2, 0) is 4.79 Å². The number of thioether (sulfide) groups is 1. The van der Waals surface area contributed by atoms with Crippen molar-refractivity contribution in [3.8, 4) is 0 Å². The van der Waals surface area contributed by atoms with E-state index >= 15 is 0 Å². The van der Waals surface area contributed by atoms with Crippen LogP contribution >= 0.6 is 11.8 Å². The van der Waals surface area contributed by atoms with Crippen molar-refractivity contribution in [1.29, 1.82) is 0 Å². The molecule has 0 aliphatic heterocycles. The van der Waals surface area contributed by atoms with Crippen LogP contribution < -0.4 is 11.1 Å². The third-order valence-corrected chi connectivity index (χ3v) is 4.61. The molecule has 0 bridgehead atoms. The first-order valence-corrected chi connectivity index (χ1v) is 7.11. The Morgan fingerprint density at radius 2 is 2.29 bits per heavy atom. The predicted octanol–water partition coefficient (Wildman–Crippen LogP) is 1.16. The first-order valence-electron chi connectivity index (χ1n) is 5.89. The molecule has 1 amide bonds. The zero-order valence-electron chi connectivity index (χ0n) is 10.4. The maximum absolute atomic E-state index is 11.9. The number of amides is 1. The van der Waals surface area contributed by atoms with Crippen LogP contribution in [0.1, 0.15) is 32.6 Å². The summed E-state index contributed by atoms with van der Waals surface area (Å²) in [6.07, 6.45) is 5.79. The molecule has 0 aromatic rings. The van der Waals surface area contributed by atoms with Crippen LogP contribution in [0, 0.1) is 5.92 Å². The van der Waals surface area contributed by atoms with Crippen LogP contribution in [0.3, 0.4) is 0 Å². The van der Waals surface area contributed by atoms with Gasteiger partial charge in [-0.1, -0.05) is 18.5 Å². The molecule has 0 spiro atoms. The number of hydrogen-bond acceptors (Lipinski definition) is 4. The molecule has 1 aliphatic rings. The molecule has 5 nitrogen and oxygen atoms in total. The molecule has 0 aromatic carbocycles. The molecule has 1 fully saturated rings. The van der Waals surface area contributed by atoms with Crippen molar-refractivity contribution in [2.75, 3.05) is 12.8 Å². The molecule has 1 saturated carbocycles. The van der Waals surface area contributed by atoms with Crippen LogP contribution in [0.25, 0.3) is 0 Å². The highest BCUT2D eigenvalue weighted by Gasteiger charge is 2.42. The molecule has 1 atom stereocenters. The van der Waals surface area contributed by atoms with Gasteiger partial charge >= 0.3 is 0 Å². The van der Waals surface area contributed by atoms with Gasteiger partial charge < -0.3 is 16.3 Å². The fourth-order valence-corrected chi connectivity index (χ4v) is 2.46. The summed E-state index contributed by atoms with van der Waals surface area (Å²) in [5.74, 6) is -0.650. The Bertz CT molecular complexity index is 303. The topological polar surface area (TPSA) is 87.7 Å². The third-order valence-electron chi connectivity index (χ3n) is 3.19. The van der Waals surface area contributed by atoms with Gasteiger partial charge in [0, 0.05) is 11.3 Å². The Morgan fingerprint density at radius 1 is 1.65 bits per heavy atom. The lowest BCUT2D eigenvalue weighted by atomic mass is 10.0. The van der Waals surface area contributed by atoms with E-state index in [0.29, 0.717) is 13.0 Å². The summed E-state index contributed by atoms with van der Waals surface area (Å²) in [5, 5.41) is 14.5. The molecular formula is C11H21N3O2S. The zero-order chi connectivity index (χ0) is 12.9. The van der Waals surface area contributed by atoms with E-state index in [9.17, 15) is 4.79 Å². The van der Waals surface area contributed by atoms with Gasteiger partial charge in [0.2, 0.25) is 5.91 Å². The van der Waals surface area contributed by atoms with E-state index in [1.54, 1.807) is 11.8 Å². The SMILES string of the molecule is CCCC(C(=O)NCC1(SC)CC1)C(N)=NO. The number of nitrogens with two attached hydrogens (primary N) is 1. The van der Waals surface area contributed by atoms with Crippen molar-refractivity contribution >= 4 is 23.5 Å². The summed E-state index contributed by atoms with van der Waals surface area (Å²) in [6.45, 7) is 2.64. The van der Waals surface area contributed by atoms with Crippen molar-refractivity contribution in [3.05, 3.63) is 0 Å². The van der Waals surface area contributed by atoms with E-state index < -0.39 is 5.92 Å². The monoisotopic (exact) mass is 259 g/mol. The number of amidine groups is 1. The van der Waals surface area contributed by atoms with Crippen LogP contribution in [0.4, 0.5) is 0 Å². The summed E-state index contributed by atoms with van der Waals surface area (Å²) < 4.78 is 0.234. The summed E-state index contributed by atoms with van der Waals surface area (Å²) in [6, 6.07) is 0. The standard InChI is InChI=1S/C11H21N3O2S/c1-3-4-8(9(12)14-16)10(15)13-7-11(17-2)5-6-11/h8,16H,3-7H2,1-2H3,(H2,12,14)(H,13,15). The molecule has 4 N–H and O–H groups in total. The lowest BCUT2D eigenvalue weighted by Gasteiger charge is -2.17. The van der Waals surface area contributed by atoms with Gasteiger partial charge in [-0.25, -0.2) is 0 Å². The second kappa shape index (κ2) is 6.14. The highest BCUT2D eigenvalue weighted by molar-refractivity contribution is 8.00. The minimum Gasteiger partial charge on any atom is -0.409 e. The van der Waals surface area contributed by atoms with Gasteiger partial charge in [-0.05, 0) is 25.5 Å². The van der Waals surface area contributed by atoms with Crippen molar-refractivity contribution in [2.45, 2.75) is 37.4 Å². The fraction of sp³-hybridized carbons (Fsp3) is 0.818. The molecule has 0 aromatic heterocycles. The Kier molecular flexibility index (Phi) is 5.11. The second-order valence-corrected chi connectivity index (χ2v) is 5.75. The molecule has 0 heterocycles. The number of oxime groups is 1. The Morgan fingerprint density at radius 3 is 2.71 bits per heavy atom. The normalized spacial score (nSPS) is 19.8. The van der Waals surface area contributed by atoms with E-state index in [0.717, 1.165) is 19.3 Å². The summed E-state index contributed by atoms with van der Waals surface area (Å²) >= 11 is 1.79. The molecule has 1 unspecified atom stereocenters. The molecule has 1 aliphatic carbocycles. The summed E-state index contributed by atoms with van der Waals surface area (Å²) in [7, 11) is 0. The van der Waals surface area contributed by atoms with Gasteiger partial charge in [-0.15, -0.1) is 0 Å².